The Morgan fingerprint density at radius 1 is 0.970 bits per heavy atom. The Kier molecular flexibility index (Phi) is 7.01. The summed E-state index contributed by atoms with van der Waals surface area (Å²) in [6.45, 7) is 16.5. The molecule has 3 rings (SSSR count). The van der Waals surface area contributed by atoms with Gasteiger partial charge < -0.3 is 9.16 Å². The van der Waals surface area contributed by atoms with E-state index in [9.17, 15) is 9.59 Å². The smallest absolute Gasteiger partial charge is 0.417 e. The van der Waals surface area contributed by atoms with Crippen molar-refractivity contribution in [1.29, 1.82) is 0 Å². The van der Waals surface area contributed by atoms with Crippen molar-refractivity contribution >= 4 is 30.7 Å². The first-order valence-corrected chi connectivity index (χ1v) is 13.3. The van der Waals surface area contributed by atoms with Crippen LogP contribution in [0, 0.1) is 5.92 Å². The maximum absolute atomic E-state index is 12.8. The molecule has 2 amide bonds. The van der Waals surface area contributed by atoms with Crippen LogP contribution in [0.2, 0.25) is 5.04 Å². The molecule has 0 saturated carbocycles. The summed E-state index contributed by atoms with van der Waals surface area (Å²) in [5, 5.41) is 2.16. The Morgan fingerprint density at radius 2 is 1.45 bits per heavy atom. The third-order valence-electron chi connectivity index (χ3n) is 5.95. The number of likely N-dealkylation sites (tertiary alicyclic amines) is 1. The third kappa shape index (κ3) is 5.12. The normalized spacial score (nSPS) is 17.4. The van der Waals surface area contributed by atoms with Crippen molar-refractivity contribution in [2.45, 2.75) is 52.2 Å². The summed E-state index contributed by atoms with van der Waals surface area (Å²) in [4.78, 5) is 26.5. The topological polar surface area (TPSA) is 55.8 Å². The monoisotopic (exact) mass is 465 g/mol. The van der Waals surface area contributed by atoms with Crippen molar-refractivity contribution in [3.63, 3.8) is 0 Å². The fourth-order valence-electron chi connectivity index (χ4n) is 4.38. The quantitative estimate of drug-likeness (QED) is 0.481. The molecule has 0 bridgehead atoms. The molecule has 1 heterocycles. The standard InChI is InChI=1S/C27H35NO4Si/c1-20-21(18-28(24(20)29)25(30)32-26(2,3)4)19-31-33(27(5,6)7,22-14-10-8-11-15-22)23-16-12-9-13-17-23/h8-17,21H,1,18-19H2,2-7H3. The van der Waals surface area contributed by atoms with Gasteiger partial charge in [-0.15, -0.1) is 0 Å². The molecule has 0 aromatic heterocycles. The van der Waals surface area contributed by atoms with E-state index >= 15 is 0 Å². The molecule has 2 aromatic rings. The molecule has 176 valence electrons. The number of hydrogen-bond acceptors (Lipinski definition) is 4. The van der Waals surface area contributed by atoms with E-state index in [2.05, 4.69) is 51.6 Å². The Morgan fingerprint density at radius 3 is 1.88 bits per heavy atom. The van der Waals surface area contributed by atoms with Gasteiger partial charge in [-0.2, -0.15) is 0 Å². The third-order valence-corrected chi connectivity index (χ3v) is 11.0. The molecule has 6 heteroatoms. The fourth-order valence-corrected chi connectivity index (χ4v) is 8.98. The number of hydrogen-bond donors (Lipinski definition) is 0. The molecule has 5 nitrogen and oxygen atoms in total. The largest absolute Gasteiger partial charge is 0.443 e. The zero-order valence-corrected chi connectivity index (χ0v) is 21.6. The van der Waals surface area contributed by atoms with Crippen LogP contribution >= 0.6 is 0 Å². The summed E-state index contributed by atoms with van der Waals surface area (Å²) in [6, 6.07) is 20.7. The number of nitrogens with zero attached hydrogens (tertiary/aromatic N) is 1. The van der Waals surface area contributed by atoms with Gasteiger partial charge in [0.25, 0.3) is 14.2 Å². The van der Waals surface area contributed by atoms with E-state index in [1.807, 2.05) is 36.4 Å². The second kappa shape index (κ2) is 9.27. The van der Waals surface area contributed by atoms with Crippen molar-refractivity contribution < 1.29 is 18.8 Å². The lowest BCUT2D eigenvalue weighted by Crippen LogP contribution is -2.67. The highest BCUT2D eigenvalue weighted by molar-refractivity contribution is 6.99. The van der Waals surface area contributed by atoms with Crippen LogP contribution in [0.1, 0.15) is 41.5 Å². The van der Waals surface area contributed by atoms with Crippen molar-refractivity contribution in [3.05, 3.63) is 72.8 Å². The van der Waals surface area contributed by atoms with E-state index in [0.29, 0.717) is 12.2 Å². The maximum atomic E-state index is 12.8. The van der Waals surface area contributed by atoms with Crippen LogP contribution in [-0.2, 0) is 14.0 Å². The van der Waals surface area contributed by atoms with Crippen LogP contribution in [0.4, 0.5) is 4.79 Å². The van der Waals surface area contributed by atoms with Gasteiger partial charge in [-0.3, -0.25) is 4.79 Å². The summed E-state index contributed by atoms with van der Waals surface area (Å²) >= 11 is 0. The van der Waals surface area contributed by atoms with Gasteiger partial charge in [-0.25, -0.2) is 9.69 Å². The van der Waals surface area contributed by atoms with Crippen LogP contribution in [0.25, 0.3) is 0 Å². The predicted molar refractivity (Wildman–Crippen MR) is 134 cm³/mol. The SMILES string of the molecule is C=C1C(=O)N(C(=O)OC(C)(C)C)CC1CO[Si](c1ccccc1)(c1ccccc1)C(C)(C)C. The van der Waals surface area contributed by atoms with E-state index < -0.39 is 20.0 Å². The van der Waals surface area contributed by atoms with Gasteiger partial charge in [0, 0.05) is 24.6 Å². The highest BCUT2D eigenvalue weighted by Crippen LogP contribution is 2.38. The van der Waals surface area contributed by atoms with Crippen molar-refractivity contribution in [3.8, 4) is 0 Å². The van der Waals surface area contributed by atoms with Crippen molar-refractivity contribution in [2.75, 3.05) is 13.2 Å². The zero-order chi connectivity index (χ0) is 24.4. The van der Waals surface area contributed by atoms with Crippen molar-refractivity contribution in [1.82, 2.24) is 4.90 Å². The molecule has 1 unspecified atom stereocenters. The summed E-state index contributed by atoms with van der Waals surface area (Å²) in [7, 11) is -2.74. The molecule has 0 N–H and O–H groups in total. The Bertz CT molecular complexity index is 966. The minimum atomic E-state index is -2.74. The molecule has 1 fully saturated rings. The Labute approximate surface area is 198 Å². The highest BCUT2D eigenvalue weighted by Gasteiger charge is 2.51. The second-order valence-corrected chi connectivity index (χ2v) is 14.9. The predicted octanol–water partition coefficient (Wildman–Crippen LogP) is 4.51. The van der Waals surface area contributed by atoms with E-state index in [1.165, 1.54) is 10.4 Å². The summed E-state index contributed by atoms with van der Waals surface area (Å²) in [6.07, 6.45) is -0.637. The molecule has 1 aliphatic heterocycles. The first-order chi connectivity index (χ1) is 15.4. The molecule has 0 radical (unpaired) electrons. The first-order valence-electron chi connectivity index (χ1n) is 11.4. The molecule has 0 aliphatic carbocycles. The lowest BCUT2D eigenvalue weighted by Gasteiger charge is -2.43. The van der Waals surface area contributed by atoms with E-state index in [4.69, 9.17) is 9.16 Å². The fraction of sp³-hybridized carbons (Fsp3) is 0.407. The average molecular weight is 466 g/mol. The molecular weight excluding hydrogens is 430 g/mol. The molecule has 1 saturated heterocycles. The Hall–Kier alpha value is -2.70. The number of ether oxygens (including phenoxy) is 1. The van der Waals surface area contributed by atoms with Crippen molar-refractivity contribution in [2.24, 2.45) is 5.92 Å². The molecule has 1 aliphatic rings. The summed E-state index contributed by atoms with van der Waals surface area (Å²) in [5.41, 5.74) is -0.291. The lowest BCUT2D eigenvalue weighted by molar-refractivity contribution is -0.124. The molecule has 1 atom stereocenters. The first kappa shape index (κ1) is 24.9. The van der Waals surface area contributed by atoms with Gasteiger partial charge in [-0.05, 0) is 36.2 Å². The van der Waals surface area contributed by atoms with Crippen LogP contribution in [0.5, 0.6) is 0 Å². The number of amides is 2. The van der Waals surface area contributed by atoms with E-state index in [1.54, 1.807) is 20.8 Å². The molecule has 33 heavy (non-hydrogen) atoms. The van der Waals surface area contributed by atoms with Crippen LogP contribution in [-0.4, -0.2) is 44.0 Å². The minimum Gasteiger partial charge on any atom is -0.443 e. The van der Waals surface area contributed by atoms with E-state index in [0.717, 1.165) is 4.90 Å². The van der Waals surface area contributed by atoms with Gasteiger partial charge in [0.2, 0.25) is 0 Å². The molecule has 2 aromatic carbocycles. The number of carbonyl (C=O) groups excluding carboxylic acids is 2. The highest BCUT2D eigenvalue weighted by atomic mass is 28.4. The summed E-state index contributed by atoms with van der Waals surface area (Å²) in [5.74, 6) is -0.674. The average Bonchev–Trinajstić information content (AvgIpc) is 3.02. The van der Waals surface area contributed by atoms with Crippen LogP contribution < -0.4 is 10.4 Å². The van der Waals surface area contributed by atoms with E-state index in [-0.39, 0.29) is 23.4 Å². The van der Waals surface area contributed by atoms with Crippen LogP contribution in [0.15, 0.2) is 72.8 Å². The maximum Gasteiger partial charge on any atom is 0.417 e. The molecular formula is C27H35NO4Si. The lowest BCUT2D eigenvalue weighted by atomic mass is 10.1. The Balaban J connectivity index is 1.93. The number of benzene rings is 2. The van der Waals surface area contributed by atoms with Gasteiger partial charge in [-0.1, -0.05) is 88.0 Å². The zero-order valence-electron chi connectivity index (χ0n) is 20.6. The minimum absolute atomic E-state index is 0.176. The number of rotatable bonds is 5. The molecule has 0 spiro atoms. The van der Waals surface area contributed by atoms with Gasteiger partial charge >= 0.3 is 6.09 Å². The number of imide groups is 1. The summed E-state index contributed by atoms with van der Waals surface area (Å²) < 4.78 is 12.4. The van der Waals surface area contributed by atoms with Gasteiger partial charge in [0.05, 0.1) is 0 Å². The van der Waals surface area contributed by atoms with Gasteiger partial charge in [0.1, 0.15) is 5.60 Å². The van der Waals surface area contributed by atoms with Crippen LogP contribution in [0.3, 0.4) is 0 Å². The van der Waals surface area contributed by atoms with Gasteiger partial charge in [0.15, 0.2) is 0 Å². The second-order valence-electron chi connectivity index (χ2n) is 10.6. The number of carbonyl (C=O) groups is 2.